The van der Waals surface area contributed by atoms with Crippen molar-refractivity contribution in [1.29, 1.82) is 5.26 Å². The van der Waals surface area contributed by atoms with Gasteiger partial charge in [0.2, 0.25) is 5.91 Å². The number of ether oxygens (including phenoxy) is 1. The van der Waals surface area contributed by atoms with Crippen LogP contribution >= 0.6 is 12.2 Å². The Balaban J connectivity index is 2.37. The van der Waals surface area contributed by atoms with Crippen molar-refractivity contribution in [3.05, 3.63) is 29.8 Å². The van der Waals surface area contributed by atoms with Crippen LogP contribution in [0.1, 0.15) is 11.6 Å². The summed E-state index contributed by atoms with van der Waals surface area (Å²) in [6.07, 6.45) is 0. The molecule has 2 N–H and O–H groups in total. The lowest BCUT2D eigenvalue weighted by molar-refractivity contribution is -0.123. The van der Waals surface area contributed by atoms with Crippen LogP contribution < -0.4 is 15.4 Å². The van der Waals surface area contributed by atoms with Gasteiger partial charge in [-0.25, -0.2) is 0 Å². The summed E-state index contributed by atoms with van der Waals surface area (Å²) in [5.74, 6) is -0.527. The predicted molar refractivity (Wildman–Crippen MR) is 68.7 cm³/mol. The van der Waals surface area contributed by atoms with Crippen LogP contribution in [0.5, 0.6) is 5.75 Å². The maximum Gasteiger partial charge on any atom is 0.245 e. The molecular weight excluding hydrogens is 250 g/mol. The first-order chi connectivity index (χ1) is 8.65. The Morgan fingerprint density at radius 3 is 2.94 bits per heavy atom. The first kappa shape index (κ1) is 12.3. The fourth-order valence-corrected chi connectivity index (χ4v) is 2.07. The van der Waals surface area contributed by atoms with E-state index in [0.29, 0.717) is 5.75 Å². The Hall–Kier alpha value is -2.13. The van der Waals surface area contributed by atoms with Crippen LogP contribution in [0.25, 0.3) is 0 Å². The highest BCUT2D eigenvalue weighted by molar-refractivity contribution is 7.80. The molecule has 0 bridgehead atoms. The van der Waals surface area contributed by atoms with Crippen molar-refractivity contribution in [2.75, 3.05) is 7.11 Å². The molecular formula is C12H11N3O2S. The summed E-state index contributed by atoms with van der Waals surface area (Å²) in [6.45, 7) is 0. The molecule has 1 aromatic carbocycles. The highest BCUT2D eigenvalue weighted by Gasteiger charge is 2.35. The van der Waals surface area contributed by atoms with E-state index in [9.17, 15) is 4.79 Å². The molecule has 0 aliphatic carbocycles. The Morgan fingerprint density at radius 1 is 1.50 bits per heavy atom. The van der Waals surface area contributed by atoms with Crippen molar-refractivity contribution >= 4 is 23.2 Å². The molecule has 18 heavy (non-hydrogen) atoms. The van der Waals surface area contributed by atoms with E-state index < -0.39 is 12.0 Å². The molecule has 1 saturated heterocycles. The number of benzene rings is 1. The molecule has 1 heterocycles. The number of nitrogens with one attached hydrogen (secondary N) is 2. The van der Waals surface area contributed by atoms with Crippen molar-refractivity contribution in [2.45, 2.75) is 6.04 Å². The number of amides is 1. The number of thiocarbonyl (C=S) groups is 1. The molecule has 0 unspecified atom stereocenters. The molecule has 0 aromatic heterocycles. The Kier molecular flexibility index (Phi) is 3.44. The van der Waals surface area contributed by atoms with Crippen molar-refractivity contribution in [3.8, 4) is 11.8 Å². The second-order valence-corrected chi connectivity index (χ2v) is 4.23. The van der Waals surface area contributed by atoms with Gasteiger partial charge in [-0.1, -0.05) is 12.1 Å². The number of nitriles is 1. The third kappa shape index (κ3) is 2.26. The largest absolute Gasteiger partial charge is 0.497 e. The van der Waals surface area contributed by atoms with Crippen LogP contribution in [0.2, 0.25) is 0 Å². The van der Waals surface area contributed by atoms with Crippen molar-refractivity contribution in [2.24, 2.45) is 5.92 Å². The molecule has 6 heteroatoms. The normalized spacial score (nSPS) is 22.7. The van der Waals surface area contributed by atoms with E-state index in [4.69, 9.17) is 22.2 Å². The number of hydrogen-bond acceptors (Lipinski definition) is 4. The fourth-order valence-electron chi connectivity index (χ4n) is 1.85. The zero-order valence-corrected chi connectivity index (χ0v) is 10.5. The molecule has 0 radical (unpaired) electrons. The average molecular weight is 261 g/mol. The first-order valence-electron chi connectivity index (χ1n) is 5.30. The minimum Gasteiger partial charge on any atom is -0.497 e. The lowest BCUT2D eigenvalue weighted by Gasteiger charge is -2.29. The van der Waals surface area contributed by atoms with E-state index in [-0.39, 0.29) is 11.0 Å². The molecule has 2 atom stereocenters. The van der Waals surface area contributed by atoms with Gasteiger partial charge in [-0.05, 0) is 29.9 Å². The smallest absolute Gasteiger partial charge is 0.245 e. The highest BCUT2D eigenvalue weighted by Crippen LogP contribution is 2.27. The van der Waals surface area contributed by atoms with Gasteiger partial charge in [0.15, 0.2) is 5.11 Å². The molecule has 0 spiro atoms. The number of methoxy groups -OCH3 is 1. The molecule has 1 amide bonds. The standard InChI is InChI=1S/C12H11N3O2S/c1-17-8-4-2-3-7(5-8)10-9(6-13)11(16)15-12(18)14-10/h2-5,9-10H,1H3,(H2,14,15,16,18)/t9-,10-/m1/s1. The first-order valence-corrected chi connectivity index (χ1v) is 5.71. The van der Waals surface area contributed by atoms with Crippen LogP contribution in [0.3, 0.4) is 0 Å². The van der Waals surface area contributed by atoms with Gasteiger partial charge < -0.3 is 15.4 Å². The van der Waals surface area contributed by atoms with Gasteiger partial charge in [-0.3, -0.25) is 4.79 Å². The van der Waals surface area contributed by atoms with E-state index in [2.05, 4.69) is 10.6 Å². The van der Waals surface area contributed by atoms with E-state index in [0.717, 1.165) is 5.56 Å². The second kappa shape index (κ2) is 5.02. The quantitative estimate of drug-likeness (QED) is 0.773. The third-order valence-corrected chi connectivity index (χ3v) is 2.95. The van der Waals surface area contributed by atoms with Gasteiger partial charge in [0.05, 0.1) is 19.2 Å². The molecule has 2 rings (SSSR count). The van der Waals surface area contributed by atoms with Gasteiger partial charge in [0.1, 0.15) is 11.7 Å². The van der Waals surface area contributed by atoms with E-state index in [1.54, 1.807) is 25.3 Å². The van der Waals surface area contributed by atoms with Gasteiger partial charge in [0, 0.05) is 0 Å². The van der Waals surface area contributed by atoms with Crippen molar-refractivity contribution < 1.29 is 9.53 Å². The Bertz CT molecular complexity index is 538. The van der Waals surface area contributed by atoms with E-state index in [1.165, 1.54) is 0 Å². The molecule has 1 aromatic rings. The third-order valence-electron chi connectivity index (χ3n) is 2.73. The number of carbonyl (C=O) groups excluding carboxylic acids is 1. The van der Waals surface area contributed by atoms with Gasteiger partial charge >= 0.3 is 0 Å². The molecule has 1 aliphatic heterocycles. The summed E-state index contributed by atoms with van der Waals surface area (Å²) in [4.78, 5) is 11.7. The van der Waals surface area contributed by atoms with Gasteiger partial charge in [-0.15, -0.1) is 0 Å². The lowest BCUT2D eigenvalue weighted by atomic mass is 9.92. The summed E-state index contributed by atoms with van der Waals surface area (Å²) < 4.78 is 5.12. The lowest BCUT2D eigenvalue weighted by Crippen LogP contribution is -2.53. The molecule has 1 aliphatic rings. The molecule has 92 valence electrons. The minimum atomic E-state index is -0.816. The van der Waals surface area contributed by atoms with Crippen LogP contribution in [-0.4, -0.2) is 18.1 Å². The number of rotatable bonds is 2. The molecule has 5 nitrogen and oxygen atoms in total. The van der Waals surface area contributed by atoms with Crippen molar-refractivity contribution in [1.82, 2.24) is 10.6 Å². The van der Waals surface area contributed by atoms with Gasteiger partial charge in [0.25, 0.3) is 0 Å². The average Bonchev–Trinajstić information content (AvgIpc) is 2.38. The minimum absolute atomic E-state index is 0.235. The zero-order chi connectivity index (χ0) is 13.1. The maximum absolute atomic E-state index is 11.7. The maximum atomic E-state index is 11.7. The zero-order valence-electron chi connectivity index (χ0n) is 9.64. The fraction of sp³-hybridized carbons (Fsp3) is 0.250. The monoisotopic (exact) mass is 261 g/mol. The van der Waals surface area contributed by atoms with Crippen LogP contribution in [-0.2, 0) is 4.79 Å². The molecule has 1 fully saturated rings. The summed E-state index contributed by atoms with van der Waals surface area (Å²) >= 11 is 4.94. The number of nitrogens with zero attached hydrogens (tertiary/aromatic N) is 1. The summed E-state index contributed by atoms with van der Waals surface area (Å²) in [5.41, 5.74) is 0.790. The molecule has 0 saturated carbocycles. The van der Waals surface area contributed by atoms with E-state index in [1.807, 2.05) is 12.1 Å². The van der Waals surface area contributed by atoms with Crippen LogP contribution in [0.15, 0.2) is 24.3 Å². The van der Waals surface area contributed by atoms with Crippen LogP contribution in [0, 0.1) is 17.2 Å². The highest BCUT2D eigenvalue weighted by atomic mass is 32.1. The Labute approximate surface area is 110 Å². The summed E-state index contributed by atoms with van der Waals surface area (Å²) in [6, 6.07) is 8.74. The number of carbonyl (C=O) groups is 1. The van der Waals surface area contributed by atoms with Crippen molar-refractivity contribution in [3.63, 3.8) is 0 Å². The summed E-state index contributed by atoms with van der Waals surface area (Å²) in [7, 11) is 1.56. The van der Waals surface area contributed by atoms with Crippen LogP contribution in [0.4, 0.5) is 0 Å². The Morgan fingerprint density at radius 2 is 2.28 bits per heavy atom. The predicted octanol–water partition coefficient (Wildman–Crippen LogP) is 0.880. The number of hydrogen-bond donors (Lipinski definition) is 2. The van der Waals surface area contributed by atoms with Gasteiger partial charge in [-0.2, -0.15) is 5.26 Å². The van der Waals surface area contributed by atoms with E-state index >= 15 is 0 Å². The second-order valence-electron chi connectivity index (χ2n) is 3.82. The topological polar surface area (TPSA) is 74.2 Å². The summed E-state index contributed by atoms with van der Waals surface area (Å²) in [5, 5.41) is 14.7. The SMILES string of the molecule is COc1cccc([C@H]2NC(=S)NC(=O)[C@@H]2C#N)c1.